The highest BCUT2D eigenvalue weighted by Crippen LogP contribution is 2.52. The molecule has 0 radical (unpaired) electrons. The second-order valence-electron chi connectivity index (χ2n) is 7.33. The van der Waals surface area contributed by atoms with Crippen molar-refractivity contribution < 1.29 is 33.6 Å². The van der Waals surface area contributed by atoms with Gasteiger partial charge in [0.15, 0.2) is 11.5 Å². The number of aromatic carboxylic acids is 1. The Morgan fingerprint density at radius 3 is 2.18 bits per heavy atom. The Morgan fingerprint density at radius 2 is 1.61 bits per heavy atom. The zero-order valence-electron chi connectivity index (χ0n) is 18.6. The second-order valence-corrected chi connectivity index (χ2v) is 8.39. The number of nitrogens with one attached hydrogen (secondary N) is 1. The summed E-state index contributed by atoms with van der Waals surface area (Å²) in [4.78, 5) is 25.8. The number of rotatable bonds is 7. The first kappa shape index (κ1) is 22.5. The zero-order chi connectivity index (χ0) is 23.7. The molecule has 2 aromatic carbocycles. The summed E-state index contributed by atoms with van der Waals surface area (Å²) >= 11 is 1.15. The molecule has 172 valence electrons. The summed E-state index contributed by atoms with van der Waals surface area (Å²) < 4.78 is 21.6. The number of ether oxygens (including phenoxy) is 4. The van der Waals surface area contributed by atoms with Crippen molar-refractivity contribution >= 4 is 28.9 Å². The number of anilines is 1. The first-order valence-corrected chi connectivity index (χ1v) is 10.9. The van der Waals surface area contributed by atoms with E-state index in [1.165, 1.54) is 21.3 Å². The van der Waals surface area contributed by atoms with E-state index < -0.39 is 11.9 Å². The highest BCUT2D eigenvalue weighted by atomic mass is 32.1. The fourth-order valence-corrected chi connectivity index (χ4v) is 5.28. The lowest BCUT2D eigenvalue weighted by Gasteiger charge is -2.26. The largest absolute Gasteiger partial charge is 0.497 e. The molecular formula is C24H23NO7S. The van der Waals surface area contributed by atoms with E-state index >= 15 is 0 Å². The Bertz CT molecular complexity index is 1220. The summed E-state index contributed by atoms with van der Waals surface area (Å²) in [5.74, 6) is 0.465. The second kappa shape index (κ2) is 9.03. The lowest BCUT2D eigenvalue weighted by molar-refractivity contribution is -0.116. The molecule has 1 aromatic heterocycles. The predicted molar refractivity (Wildman–Crippen MR) is 124 cm³/mol. The van der Waals surface area contributed by atoms with Crippen LogP contribution in [-0.2, 0) is 4.79 Å². The van der Waals surface area contributed by atoms with Gasteiger partial charge in [-0.1, -0.05) is 12.1 Å². The first-order chi connectivity index (χ1) is 15.9. The van der Waals surface area contributed by atoms with E-state index in [-0.39, 0.29) is 17.2 Å². The van der Waals surface area contributed by atoms with Crippen LogP contribution in [0.15, 0.2) is 36.4 Å². The zero-order valence-corrected chi connectivity index (χ0v) is 19.4. The Hall–Kier alpha value is -3.72. The smallest absolute Gasteiger partial charge is 0.346 e. The summed E-state index contributed by atoms with van der Waals surface area (Å²) in [6, 6.07) is 10.5. The minimum Gasteiger partial charge on any atom is -0.497 e. The van der Waals surface area contributed by atoms with Crippen LogP contribution in [0.5, 0.6) is 23.0 Å². The van der Waals surface area contributed by atoms with E-state index in [2.05, 4.69) is 5.32 Å². The van der Waals surface area contributed by atoms with Crippen LogP contribution in [0.25, 0.3) is 11.1 Å². The highest BCUT2D eigenvalue weighted by molar-refractivity contribution is 7.15. The summed E-state index contributed by atoms with van der Waals surface area (Å²) in [5.41, 5.74) is 2.36. The number of thiophene rings is 1. The summed E-state index contributed by atoms with van der Waals surface area (Å²) in [6.07, 6.45) is 0.139. The van der Waals surface area contributed by atoms with Gasteiger partial charge >= 0.3 is 5.97 Å². The Kier molecular flexibility index (Phi) is 6.15. The van der Waals surface area contributed by atoms with Gasteiger partial charge in [-0.3, -0.25) is 4.79 Å². The third-order valence-corrected chi connectivity index (χ3v) is 6.88. The van der Waals surface area contributed by atoms with Gasteiger partial charge in [0.25, 0.3) is 0 Å². The van der Waals surface area contributed by atoms with E-state index in [1.54, 1.807) is 43.5 Å². The number of carboxylic acids is 1. The minimum absolute atomic E-state index is 0.139. The van der Waals surface area contributed by atoms with Crippen LogP contribution in [-0.4, -0.2) is 45.4 Å². The maximum atomic E-state index is 12.8. The van der Waals surface area contributed by atoms with Crippen molar-refractivity contribution in [2.45, 2.75) is 12.3 Å². The summed E-state index contributed by atoms with van der Waals surface area (Å²) in [5, 5.41) is 12.9. The number of carbonyl (C=O) groups excluding carboxylic acids is 1. The first-order valence-electron chi connectivity index (χ1n) is 10.1. The van der Waals surface area contributed by atoms with Crippen molar-refractivity contribution in [2.24, 2.45) is 0 Å². The van der Waals surface area contributed by atoms with E-state index in [9.17, 15) is 14.7 Å². The molecule has 8 nitrogen and oxygen atoms in total. The normalized spacial score (nSPS) is 14.8. The molecule has 2 N–H and O–H groups in total. The SMILES string of the molecule is COc1ccc(-c2c(C(=O)O)sc3c2NC(=O)C[C@H]3c2cc(OC)c(OC)cc2OC)cc1. The average Bonchev–Trinajstić information content (AvgIpc) is 3.22. The standard InChI is InChI=1S/C24H23NO7S/c1-29-13-7-5-12(6-8-13)20-21-22(33-23(20)24(27)28)15(10-19(26)25-21)14-9-17(31-3)18(32-4)11-16(14)30-2/h5-9,11,15H,10H2,1-4H3,(H,25,26)(H,27,28)/t15-/m0/s1. The van der Waals surface area contributed by atoms with Crippen molar-refractivity contribution in [3.63, 3.8) is 0 Å². The molecule has 33 heavy (non-hydrogen) atoms. The molecule has 0 bridgehead atoms. The van der Waals surface area contributed by atoms with Crippen LogP contribution < -0.4 is 24.3 Å². The van der Waals surface area contributed by atoms with Crippen molar-refractivity contribution in [1.29, 1.82) is 0 Å². The van der Waals surface area contributed by atoms with Gasteiger partial charge < -0.3 is 29.4 Å². The Balaban J connectivity index is 1.93. The average molecular weight is 470 g/mol. The fraction of sp³-hybridized carbons (Fsp3) is 0.250. The number of benzene rings is 2. The van der Waals surface area contributed by atoms with E-state index in [4.69, 9.17) is 18.9 Å². The molecule has 0 spiro atoms. The van der Waals surface area contributed by atoms with Crippen molar-refractivity contribution in [1.82, 2.24) is 0 Å². The Morgan fingerprint density at radius 1 is 0.970 bits per heavy atom. The predicted octanol–water partition coefficient (Wildman–Crippen LogP) is 4.62. The molecule has 1 aliphatic rings. The lowest BCUT2D eigenvalue weighted by atomic mass is 9.87. The number of hydrogen-bond donors (Lipinski definition) is 2. The molecule has 3 aromatic rings. The molecule has 4 rings (SSSR count). The fourth-order valence-electron chi connectivity index (χ4n) is 4.05. The van der Waals surface area contributed by atoms with Gasteiger partial charge in [0.1, 0.15) is 16.4 Å². The van der Waals surface area contributed by atoms with Gasteiger partial charge in [0, 0.05) is 34.4 Å². The third kappa shape index (κ3) is 3.95. The van der Waals surface area contributed by atoms with E-state index in [0.29, 0.717) is 45.4 Å². The summed E-state index contributed by atoms with van der Waals surface area (Å²) in [7, 11) is 6.16. The van der Waals surface area contributed by atoms with Crippen LogP contribution in [0.1, 0.15) is 32.5 Å². The van der Waals surface area contributed by atoms with Gasteiger partial charge in [-0.2, -0.15) is 0 Å². The highest BCUT2D eigenvalue weighted by Gasteiger charge is 2.36. The quantitative estimate of drug-likeness (QED) is 0.520. The summed E-state index contributed by atoms with van der Waals surface area (Å²) in [6.45, 7) is 0. The number of fused-ring (bicyclic) bond motifs is 1. The minimum atomic E-state index is -1.06. The number of hydrogen-bond acceptors (Lipinski definition) is 7. The van der Waals surface area contributed by atoms with Crippen LogP contribution in [0.4, 0.5) is 5.69 Å². The number of carboxylic acid groups (broad SMARTS) is 1. The Labute approximate surface area is 194 Å². The molecule has 1 amide bonds. The van der Waals surface area contributed by atoms with E-state index in [0.717, 1.165) is 16.2 Å². The molecule has 2 heterocycles. The molecule has 1 aliphatic heterocycles. The van der Waals surface area contributed by atoms with Crippen LogP contribution >= 0.6 is 11.3 Å². The molecule has 0 saturated heterocycles. The monoisotopic (exact) mass is 469 g/mol. The van der Waals surface area contributed by atoms with Crippen molar-refractivity contribution in [2.75, 3.05) is 33.8 Å². The maximum absolute atomic E-state index is 12.8. The molecule has 0 aliphatic carbocycles. The van der Waals surface area contributed by atoms with Crippen LogP contribution in [0, 0.1) is 0 Å². The van der Waals surface area contributed by atoms with Crippen molar-refractivity contribution in [3.05, 3.63) is 51.7 Å². The number of methoxy groups -OCH3 is 4. The van der Waals surface area contributed by atoms with E-state index in [1.807, 2.05) is 0 Å². The molecule has 1 atom stereocenters. The molecule has 0 fully saturated rings. The third-order valence-electron chi connectivity index (χ3n) is 5.59. The molecule has 0 saturated carbocycles. The molecular weight excluding hydrogens is 446 g/mol. The topological polar surface area (TPSA) is 103 Å². The van der Waals surface area contributed by atoms with Gasteiger partial charge in [-0.15, -0.1) is 11.3 Å². The number of carbonyl (C=O) groups is 2. The molecule has 9 heteroatoms. The van der Waals surface area contributed by atoms with Crippen LogP contribution in [0.2, 0.25) is 0 Å². The van der Waals surface area contributed by atoms with Gasteiger partial charge in [-0.25, -0.2) is 4.79 Å². The molecule has 0 unspecified atom stereocenters. The lowest BCUT2D eigenvalue weighted by Crippen LogP contribution is -2.23. The van der Waals surface area contributed by atoms with Gasteiger partial charge in [0.2, 0.25) is 5.91 Å². The van der Waals surface area contributed by atoms with Gasteiger partial charge in [-0.05, 0) is 23.8 Å². The maximum Gasteiger partial charge on any atom is 0.346 e. The van der Waals surface area contributed by atoms with Crippen molar-refractivity contribution in [3.8, 4) is 34.1 Å². The van der Waals surface area contributed by atoms with Crippen LogP contribution in [0.3, 0.4) is 0 Å². The number of amides is 1. The van der Waals surface area contributed by atoms with Gasteiger partial charge in [0.05, 0.1) is 34.1 Å².